The third kappa shape index (κ3) is 5.52. The molecule has 2 aliphatic rings. The van der Waals surface area contributed by atoms with Gasteiger partial charge in [-0.05, 0) is 51.8 Å². The first-order valence-corrected chi connectivity index (χ1v) is 10.1. The highest BCUT2D eigenvalue weighted by Gasteiger charge is 2.33. The van der Waals surface area contributed by atoms with Crippen molar-refractivity contribution in [2.24, 2.45) is 0 Å². The molecule has 0 aliphatic carbocycles. The van der Waals surface area contributed by atoms with E-state index in [0.29, 0.717) is 26.3 Å². The maximum atomic E-state index is 12.2. The number of hydrogen-bond donors (Lipinski definition) is 2. The Kier molecular flexibility index (Phi) is 6.67. The smallest absolute Gasteiger partial charge is 0.314 e. The molecule has 0 bridgehead atoms. The van der Waals surface area contributed by atoms with Gasteiger partial charge >= 0.3 is 6.03 Å². The number of rotatable bonds is 6. The average molecular weight is 392 g/mol. The van der Waals surface area contributed by atoms with E-state index < -0.39 is 0 Å². The minimum absolute atomic E-state index is 0.126. The first kappa shape index (κ1) is 20.7. The number of benzene rings is 1. The molecule has 2 amide bonds. The van der Waals surface area contributed by atoms with E-state index in [4.69, 9.17) is 14.2 Å². The first-order chi connectivity index (χ1) is 13.3. The molecule has 1 aromatic carbocycles. The van der Waals surface area contributed by atoms with Crippen molar-refractivity contribution in [3.63, 3.8) is 0 Å². The third-order valence-electron chi connectivity index (χ3n) is 5.26. The number of ether oxygens (including phenoxy) is 3. The van der Waals surface area contributed by atoms with Gasteiger partial charge in [0.2, 0.25) is 0 Å². The van der Waals surface area contributed by atoms with Gasteiger partial charge in [-0.2, -0.15) is 0 Å². The van der Waals surface area contributed by atoms with Crippen LogP contribution in [0.5, 0.6) is 11.5 Å². The van der Waals surface area contributed by atoms with Crippen LogP contribution in [0.3, 0.4) is 0 Å². The standard InChI is InChI=1S/C21H33N3O4/c1-15-12-24(13-16(2)28-15)21(3,4)14-23-20(25)22-8-7-17-5-6-18-19(11-17)27-10-9-26-18/h5-6,11,15-16H,7-10,12-14H2,1-4H3,(H2,22,23,25). The Morgan fingerprint density at radius 2 is 1.79 bits per heavy atom. The fourth-order valence-corrected chi connectivity index (χ4v) is 3.71. The molecule has 2 aliphatic heterocycles. The zero-order chi connectivity index (χ0) is 20.1. The van der Waals surface area contributed by atoms with Gasteiger partial charge in [-0.3, -0.25) is 4.90 Å². The molecule has 1 fully saturated rings. The lowest BCUT2D eigenvalue weighted by Gasteiger charge is -2.45. The number of carbonyl (C=O) groups is 1. The molecule has 1 aromatic rings. The number of urea groups is 1. The highest BCUT2D eigenvalue weighted by atomic mass is 16.6. The number of hydrogen-bond acceptors (Lipinski definition) is 5. The van der Waals surface area contributed by atoms with Gasteiger partial charge < -0.3 is 24.8 Å². The Labute approximate surface area is 167 Å². The fraction of sp³-hybridized carbons (Fsp3) is 0.667. The summed E-state index contributed by atoms with van der Waals surface area (Å²) in [5.41, 5.74) is 0.987. The SMILES string of the molecule is CC1CN(C(C)(C)CNC(=O)NCCc2ccc3c(c2)OCCO3)CC(C)O1. The maximum Gasteiger partial charge on any atom is 0.314 e. The van der Waals surface area contributed by atoms with Gasteiger partial charge in [0, 0.05) is 31.7 Å². The predicted molar refractivity (Wildman–Crippen MR) is 108 cm³/mol. The van der Waals surface area contributed by atoms with E-state index >= 15 is 0 Å². The summed E-state index contributed by atoms with van der Waals surface area (Å²) in [5, 5.41) is 5.95. The average Bonchev–Trinajstić information content (AvgIpc) is 2.65. The van der Waals surface area contributed by atoms with Gasteiger partial charge in [0.25, 0.3) is 0 Å². The topological polar surface area (TPSA) is 72.1 Å². The molecule has 3 rings (SSSR count). The molecule has 0 spiro atoms. The van der Waals surface area contributed by atoms with Crippen LogP contribution in [-0.4, -0.2) is 68.1 Å². The summed E-state index contributed by atoms with van der Waals surface area (Å²) in [6.45, 7) is 12.6. The van der Waals surface area contributed by atoms with Crippen molar-refractivity contribution < 1.29 is 19.0 Å². The van der Waals surface area contributed by atoms with Crippen molar-refractivity contribution in [2.75, 3.05) is 39.4 Å². The fourth-order valence-electron chi connectivity index (χ4n) is 3.71. The molecule has 2 N–H and O–H groups in total. The predicted octanol–water partition coefficient (Wildman–Crippen LogP) is 2.19. The van der Waals surface area contributed by atoms with Crippen molar-refractivity contribution in [3.8, 4) is 11.5 Å². The van der Waals surface area contributed by atoms with Crippen LogP contribution in [0.25, 0.3) is 0 Å². The van der Waals surface area contributed by atoms with Crippen LogP contribution in [0.4, 0.5) is 4.79 Å². The van der Waals surface area contributed by atoms with E-state index in [2.05, 4.69) is 43.2 Å². The lowest BCUT2D eigenvalue weighted by Crippen LogP contribution is -2.59. The molecule has 7 nitrogen and oxygen atoms in total. The molecule has 2 atom stereocenters. The van der Waals surface area contributed by atoms with Crippen LogP contribution in [0.2, 0.25) is 0 Å². The minimum Gasteiger partial charge on any atom is -0.486 e. The number of nitrogens with one attached hydrogen (secondary N) is 2. The second-order valence-corrected chi connectivity index (χ2v) is 8.31. The van der Waals surface area contributed by atoms with E-state index in [-0.39, 0.29) is 23.8 Å². The second-order valence-electron chi connectivity index (χ2n) is 8.31. The molecule has 28 heavy (non-hydrogen) atoms. The van der Waals surface area contributed by atoms with Crippen molar-refractivity contribution in [1.82, 2.24) is 15.5 Å². The van der Waals surface area contributed by atoms with Crippen molar-refractivity contribution in [1.29, 1.82) is 0 Å². The molecule has 2 heterocycles. The van der Waals surface area contributed by atoms with Gasteiger partial charge in [0.05, 0.1) is 12.2 Å². The van der Waals surface area contributed by atoms with Crippen LogP contribution in [0.1, 0.15) is 33.3 Å². The Balaban J connectivity index is 1.40. The van der Waals surface area contributed by atoms with Crippen LogP contribution in [0, 0.1) is 0 Å². The maximum absolute atomic E-state index is 12.2. The third-order valence-corrected chi connectivity index (χ3v) is 5.26. The van der Waals surface area contributed by atoms with E-state index in [1.54, 1.807) is 0 Å². The Bertz CT molecular complexity index is 670. The summed E-state index contributed by atoms with van der Waals surface area (Å²) < 4.78 is 16.9. The molecule has 2 unspecified atom stereocenters. The van der Waals surface area contributed by atoms with Crippen molar-refractivity contribution in [3.05, 3.63) is 23.8 Å². The van der Waals surface area contributed by atoms with Gasteiger partial charge in [-0.1, -0.05) is 6.07 Å². The van der Waals surface area contributed by atoms with E-state index in [9.17, 15) is 4.79 Å². The van der Waals surface area contributed by atoms with Crippen molar-refractivity contribution in [2.45, 2.75) is 51.9 Å². The van der Waals surface area contributed by atoms with E-state index in [0.717, 1.165) is 36.6 Å². The normalized spacial score (nSPS) is 22.6. The molecular weight excluding hydrogens is 358 g/mol. The summed E-state index contributed by atoms with van der Waals surface area (Å²) in [7, 11) is 0. The monoisotopic (exact) mass is 391 g/mol. The molecule has 7 heteroatoms. The zero-order valence-corrected chi connectivity index (χ0v) is 17.4. The van der Waals surface area contributed by atoms with E-state index in [1.165, 1.54) is 0 Å². The number of nitrogens with zero attached hydrogens (tertiary/aromatic N) is 1. The highest BCUT2D eigenvalue weighted by molar-refractivity contribution is 5.73. The lowest BCUT2D eigenvalue weighted by molar-refractivity contribution is -0.0947. The molecule has 0 saturated carbocycles. The molecule has 156 valence electrons. The zero-order valence-electron chi connectivity index (χ0n) is 17.4. The molecular formula is C21H33N3O4. The summed E-state index contributed by atoms with van der Waals surface area (Å²) in [5.74, 6) is 1.57. The van der Waals surface area contributed by atoms with Gasteiger partial charge in [-0.15, -0.1) is 0 Å². The van der Waals surface area contributed by atoms with E-state index in [1.807, 2.05) is 18.2 Å². The minimum atomic E-state index is -0.139. The van der Waals surface area contributed by atoms with Crippen LogP contribution < -0.4 is 20.1 Å². The molecule has 0 aromatic heterocycles. The van der Waals surface area contributed by atoms with Crippen LogP contribution in [-0.2, 0) is 11.2 Å². The first-order valence-electron chi connectivity index (χ1n) is 10.1. The number of carbonyl (C=O) groups excluding carboxylic acids is 1. The number of morpholine rings is 1. The highest BCUT2D eigenvalue weighted by Crippen LogP contribution is 2.30. The summed E-state index contributed by atoms with van der Waals surface area (Å²) in [6, 6.07) is 5.78. The Morgan fingerprint density at radius 3 is 2.50 bits per heavy atom. The summed E-state index contributed by atoms with van der Waals surface area (Å²) in [6.07, 6.45) is 1.16. The summed E-state index contributed by atoms with van der Waals surface area (Å²) in [4.78, 5) is 14.6. The second kappa shape index (κ2) is 9.01. The molecule has 0 radical (unpaired) electrons. The number of amides is 2. The van der Waals surface area contributed by atoms with Crippen LogP contribution in [0.15, 0.2) is 18.2 Å². The van der Waals surface area contributed by atoms with Gasteiger partial charge in [0.15, 0.2) is 11.5 Å². The Hall–Kier alpha value is -1.99. The largest absolute Gasteiger partial charge is 0.486 e. The van der Waals surface area contributed by atoms with Crippen LogP contribution >= 0.6 is 0 Å². The van der Waals surface area contributed by atoms with Crippen molar-refractivity contribution >= 4 is 6.03 Å². The van der Waals surface area contributed by atoms with Gasteiger partial charge in [-0.25, -0.2) is 4.79 Å². The Morgan fingerprint density at radius 1 is 1.11 bits per heavy atom. The quantitative estimate of drug-likeness (QED) is 0.778. The van der Waals surface area contributed by atoms with Gasteiger partial charge in [0.1, 0.15) is 13.2 Å². The molecule has 1 saturated heterocycles. The summed E-state index contributed by atoms with van der Waals surface area (Å²) >= 11 is 0. The lowest BCUT2D eigenvalue weighted by atomic mass is 10.00. The number of fused-ring (bicyclic) bond motifs is 1.